The molecular formula is C10H15BrN4O. The minimum atomic E-state index is 0.669. The number of ether oxygens (including phenoxy) is 1. The molecule has 5 nitrogen and oxygen atoms in total. The third-order valence-electron chi connectivity index (χ3n) is 2.44. The van der Waals surface area contributed by atoms with Crippen LogP contribution >= 0.6 is 15.9 Å². The van der Waals surface area contributed by atoms with Crippen LogP contribution in [0.15, 0.2) is 16.9 Å². The van der Waals surface area contributed by atoms with Gasteiger partial charge in [0.2, 0.25) is 5.95 Å². The quantitative estimate of drug-likeness (QED) is 0.837. The standard InChI is InChI=1S/C10H15BrN4O/c11-9-1-2-12-10(14-9)13-3-4-15-5-7-16-8-6-15/h1-2H,3-8H2,(H,12,13,14). The molecule has 1 aromatic rings. The second-order valence-electron chi connectivity index (χ2n) is 3.58. The first-order valence-electron chi connectivity index (χ1n) is 5.37. The Hall–Kier alpha value is -0.720. The summed E-state index contributed by atoms with van der Waals surface area (Å²) in [5.74, 6) is 0.669. The zero-order valence-electron chi connectivity index (χ0n) is 9.03. The van der Waals surface area contributed by atoms with Gasteiger partial charge in [0.1, 0.15) is 4.60 Å². The predicted octanol–water partition coefficient (Wildman–Crippen LogP) is 0.983. The van der Waals surface area contributed by atoms with Crippen LogP contribution in [0, 0.1) is 0 Å². The zero-order chi connectivity index (χ0) is 11.2. The number of hydrogen-bond acceptors (Lipinski definition) is 5. The average Bonchev–Trinajstić information content (AvgIpc) is 2.30. The van der Waals surface area contributed by atoms with E-state index < -0.39 is 0 Å². The molecule has 0 spiro atoms. The molecule has 0 amide bonds. The van der Waals surface area contributed by atoms with Crippen LogP contribution in [0.1, 0.15) is 0 Å². The van der Waals surface area contributed by atoms with E-state index in [-0.39, 0.29) is 0 Å². The minimum absolute atomic E-state index is 0.669. The van der Waals surface area contributed by atoms with Crippen molar-refractivity contribution in [2.75, 3.05) is 44.7 Å². The minimum Gasteiger partial charge on any atom is -0.379 e. The number of halogens is 1. The van der Waals surface area contributed by atoms with Gasteiger partial charge >= 0.3 is 0 Å². The molecule has 0 saturated carbocycles. The van der Waals surface area contributed by atoms with Gasteiger partial charge in [0.05, 0.1) is 13.2 Å². The van der Waals surface area contributed by atoms with Crippen molar-refractivity contribution >= 4 is 21.9 Å². The Labute approximate surface area is 103 Å². The van der Waals surface area contributed by atoms with E-state index in [1.165, 1.54) is 0 Å². The normalized spacial score (nSPS) is 17.3. The number of hydrogen-bond donors (Lipinski definition) is 1. The van der Waals surface area contributed by atoms with Crippen molar-refractivity contribution in [2.24, 2.45) is 0 Å². The lowest BCUT2D eigenvalue weighted by molar-refractivity contribution is 0.0398. The van der Waals surface area contributed by atoms with Gasteiger partial charge in [0, 0.05) is 32.4 Å². The van der Waals surface area contributed by atoms with Crippen LogP contribution in [0.25, 0.3) is 0 Å². The molecule has 0 aliphatic carbocycles. The van der Waals surface area contributed by atoms with Crippen molar-refractivity contribution in [3.05, 3.63) is 16.9 Å². The Balaban J connectivity index is 1.71. The molecule has 1 N–H and O–H groups in total. The molecule has 0 unspecified atom stereocenters. The van der Waals surface area contributed by atoms with Gasteiger partial charge < -0.3 is 10.1 Å². The molecule has 1 fully saturated rings. The highest BCUT2D eigenvalue weighted by Crippen LogP contribution is 2.06. The van der Waals surface area contributed by atoms with E-state index in [2.05, 4.69) is 36.1 Å². The fraction of sp³-hybridized carbons (Fsp3) is 0.600. The Morgan fingerprint density at radius 3 is 3.00 bits per heavy atom. The van der Waals surface area contributed by atoms with Crippen molar-refractivity contribution < 1.29 is 4.74 Å². The first-order valence-corrected chi connectivity index (χ1v) is 6.16. The maximum absolute atomic E-state index is 5.29. The first-order chi connectivity index (χ1) is 7.84. The molecule has 0 aromatic carbocycles. The maximum atomic E-state index is 5.29. The summed E-state index contributed by atoms with van der Waals surface area (Å²) in [5, 5.41) is 3.20. The summed E-state index contributed by atoms with van der Waals surface area (Å²) >= 11 is 3.31. The topological polar surface area (TPSA) is 50.3 Å². The van der Waals surface area contributed by atoms with E-state index >= 15 is 0 Å². The lowest BCUT2D eigenvalue weighted by Gasteiger charge is -2.26. The molecule has 1 aliphatic rings. The summed E-state index contributed by atoms with van der Waals surface area (Å²) in [5.41, 5.74) is 0. The zero-order valence-corrected chi connectivity index (χ0v) is 10.6. The highest BCUT2D eigenvalue weighted by atomic mass is 79.9. The summed E-state index contributed by atoms with van der Waals surface area (Å²) in [4.78, 5) is 10.7. The molecule has 1 aliphatic heterocycles. The Morgan fingerprint density at radius 1 is 1.44 bits per heavy atom. The van der Waals surface area contributed by atoms with Crippen LogP contribution in [0.5, 0.6) is 0 Å². The molecule has 1 aromatic heterocycles. The fourth-order valence-electron chi connectivity index (χ4n) is 1.57. The van der Waals surface area contributed by atoms with Gasteiger partial charge in [-0.1, -0.05) is 0 Å². The lowest BCUT2D eigenvalue weighted by atomic mass is 10.4. The van der Waals surface area contributed by atoms with E-state index in [0.717, 1.165) is 44.0 Å². The van der Waals surface area contributed by atoms with Crippen LogP contribution < -0.4 is 5.32 Å². The van der Waals surface area contributed by atoms with Crippen molar-refractivity contribution in [3.63, 3.8) is 0 Å². The number of morpholine rings is 1. The summed E-state index contributed by atoms with van der Waals surface area (Å²) in [6.45, 7) is 5.57. The second kappa shape index (κ2) is 6.12. The Bertz CT molecular complexity index is 330. The molecule has 88 valence electrons. The molecule has 0 radical (unpaired) electrons. The van der Waals surface area contributed by atoms with Crippen LogP contribution in [0.3, 0.4) is 0 Å². The van der Waals surface area contributed by atoms with Gasteiger partial charge in [-0.3, -0.25) is 4.90 Å². The fourth-order valence-corrected chi connectivity index (χ4v) is 1.86. The third-order valence-corrected chi connectivity index (χ3v) is 2.88. The van der Waals surface area contributed by atoms with E-state index in [1.807, 2.05) is 6.07 Å². The van der Waals surface area contributed by atoms with E-state index in [0.29, 0.717) is 5.95 Å². The molecular weight excluding hydrogens is 272 g/mol. The van der Waals surface area contributed by atoms with E-state index in [9.17, 15) is 0 Å². The van der Waals surface area contributed by atoms with Gasteiger partial charge in [0.15, 0.2) is 0 Å². The molecule has 1 saturated heterocycles. The van der Waals surface area contributed by atoms with Crippen molar-refractivity contribution in [1.82, 2.24) is 14.9 Å². The number of rotatable bonds is 4. The second-order valence-corrected chi connectivity index (χ2v) is 4.40. The van der Waals surface area contributed by atoms with Crippen molar-refractivity contribution in [1.29, 1.82) is 0 Å². The number of aromatic nitrogens is 2. The van der Waals surface area contributed by atoms with Crippen molar-refractivity contribution in [2.45, 2.75) is 0 Å². The number of nitrogens with zero attached hydrogens (tertiary/aromatic N) is 3. The third kappa shape index (κ3) is 3.70. The summed E-state index contributed by atoms with van der Waals surface area (Å²) < 4.78 is 6.09. The van der Waals surface area contributed by atoms with Gasteiger partial charge in [-0.25, -0.2) is 9.97 Å². The number of anilines is 1. The smallest absolute Gasteiger partial charge is 0.223 e. The summed E-state index contributed by atoms with van der Waals surface area (Å²) in [6, 6.07) is 1.81. The highest BCUT2D eigenvalue weighted by Gasteiger charge is 2.09. The van der Waals surface area contributed by atoms with Gasteiger partial charge in [0.25, 0.3) is 0 Å². The highest BCUT2D eigenvalue weighted by molar-refractivity contribution is 9.10. The molecule has 0 atom stereocenters. The Kier molecular flexibility index (Phi) is 4.50. The van der Waals surface area contributed by atoms with Gasteiger partial charge in [-0.2, -0.15) is 0 Å². The average molecular weight is 287 g/mol. The van der Waals surface area contributed by atoms with Gasteiger partial charge in [-0.15, -0.1) is 0 Å². The predicted molar refractivity (Wildman–Crippen MR) is 65.5 cm³/mol. The first kappa shape index (κ1) is 11.8. The van der Waals surface area contributed by atoms with Crippen LogP contribution in [0.2, 0.25) is 0 Å². The summed E-state index contributed by atoms with van der Waals surface area (Å²) in [7, 11) is 0. The molecule has 6 heteroatoms. The lowest BCUT2D eigenvalue weighted by Crippen LogP contribution is -2.39. The van der Waals surface area contributed by atoms with Crippen LogP contribution in [-0.4, -0.2) is 54.3 Å². The van der Waals surface area contributed by atoms with Gasteiger partial charge in [-0.05, 0) is 22.0 Å². The molecule has 16 heavy (non-hydrogen) atoms. The molecule has 2 rings (SSSR count). The molecule has 2 heterocycles. The van der Waals surface area contributed by atoms with E-state index in [1.54, 1.807) is 6.20 Å². The molecule has 0 bridgehead atoms. The van der Waals surface area contributed by atoms with Crippen LogP contribution in [-0.2, 0) is 4.74 Å². The SMILES string of the molecule is Brc1ccnc(NCCN2CCOCC2)n1. The van der Waals surface area contributed by atoms with Crippen molar-refractivity contribution in [3.8, 4) is 0 Å². The Morgan fingerprint density at radius 2 is 2.25 bits per heavy atom. The monoisotopic (exact) mass is 286 g/mol. The number of nitrogens with one attached hydrogen (secondary N) is 1. The largest absolute Gasteiger partial charge is 0.379 e. The maximum Gasteiger partial charge on any atom is 0.223 e. The van der Waals surface area contributed by atoms with E-state index in [4.69, 9.17) is 4.74 Å². The van der Waals surface area contributed by atoms with Crippen LogP contribution in [0.4, 0.5) is 5.95 Å². The summed E-state index contributed by atoms with van der Waals surface area (Å²) in [6.07, 6.45) is 1.73.